The molecule has 1 fully saturated rings. The van der Waals surface area contributed by atoms with E-state index in [9.17, 15) is 13.2 Å². The molecule has 0 radical (unpaired) electrons. The first-order valence-corrected chi connectivity index (χ1v) is 10.4. The monoisotopic (exact) mass is 403 g/mol. The van der Waals surface area contributed by atoms with E-state index in [2.05, 4.69) is 10.6 Å². The molecule has 6 nitrogen and oxygen atoms in total. The predicted molar refractivity (Wildman–Crippen MR) is 106 cm³/mol. The first-order valence-electron chi connectivity index (χ1n) is 8.92. The summed E-state index contributed by atoms with van der Waals surface area (Å²) in [4.78, 5) is 12.5. The number of sulfonamides is 1. The van der Waals surface area contributed by atoms with E-state index in [1.807, 2.05) is 32.9 Å². The Balaban J connectivity index is 0.00000338. The minimum atomic E-state index is -3.49. The van der Waals surface area contributed by atoms with E-state index in [4.69, 9.17) is 0 Å². The number of carbonyl (C=O) groups excluding carboxylic acids is 1. The predicted octanol–water partition coefficient (Wildman–Crippen LogP) is 1.85. The highest BCUT2D eigenvalue weighted by Gasteiger charge is 2.32. The number of hydrogen-bond acceptors (Lipinski definition) is 4. The van der Waals surface area contributed by atoms with Crippen molar-refractivity contribution in [2.45, 2.75) is 38.5 Å². The molecule has 1 aliphatic rings. The SMILES string of the molecule is CCNCCNC(=O)C1CCN(S(=O)(=O)c2ccc(C)cc2C)CC1.Cl. The van der Waals surface area contributed by atoms with E-state index in [0.29, 0.717) is 37.4 Å². The van der Waals surface area contributed by atoms with Gasteiger partial charge in [-0.15, -0.1) is 12.4 Å². The van der Waals surface area contributed by atoms with Gasteiger partial charge in [0.2, 0.25) is 15.9 Å². The summed E-state index contributed by atoms with van der Waals surface area (Å²) in [5.41, 5.74) is 1.81. The van der Waals surface area contributed by atoms with Crippen molar-refractivity contribution in [2.75, 3.05) is 32.7 Å². The summed E-state index contributed by atoms with van der Waals surface area (Å²) in [5.74, 6) is -0.0753. The molecule has 26 heavy (non-hydrogen) atoms. The van der Waals surface area contributed by atoms with Gasteiger partial charge in [-0.05, 0) is 44.9 Å². The number of carbonyl (C=O) groups is 1. The normalized spacial score (nSPS) is 16.1. The fraction of sp³-hybridized carbons (Fsp3) is 0.611. The van der Waals surface area contributed by atoms with Gasteiger partial charge in [0.1, 0.15) is 0 Å². The number of nitrogens with zero attached hydrogens (tertiary/aromatic N) is 1. The van der Waals surface area contributed by atoms with Crippen LogP contribution < -0.4 is 10.6 Å². The molecule has 1 aromatic rings. The van der Waals surface area contributed by atoms with E-state index in [1.54, 1.807) is 6.07 Å². The van der Waals surface area contributed by atoms with Gasteiger partial charge in [-0.3, -0.25) is 4.79 Å². The molecule has 1 heterocycles. The van der Waals surface area contributed by atoms with Crippen molar-refractivity contribution in [3.8, 4) is 0 Å². The lowest BCUT2D eigenvalue weighted by molar-refractivity contribution is -0.126. The van der Waals surface area contributed by atoms with Gasteiger partial charge in [-0.2, -0.15) is 4.31 Å². The van der Waals surface area contributed by atoms with Gasteiger partial charge in [0.05, 0.1) is 4.90 Å². The topological polar surface area (TPSA) is 78.5 Å². The zero-order valence-corrected chi connectivity index (χ0v) is 17.4. The zero-order valence-electron chi connectivity index (χ0n) is 15.7. The molecule has 2 rings (SSSR count). The van der Waals surface area contributed by atoms with Crippen LogP contribution in [-0.2, 0) is 14.8 Å². The van der Waals surface area contributed by atoms with Crippen molar-refractivity contribution in [3.05, 3.63) is 29.3 Å². The molecule has 1 aliphatic heterocycles. The third kappa shape index (κ3) is 5.67. The van der Waals surface area contributed by atoms with E-state index in [-0.39, 0.29) is 24.2 Å². The average molecular weight is 404 g/mol. The third-order valence-electron chi connectivity index (χ3n) is 4.62. The summed E-state index contributed by atoms with van der Waals surface area (Å²) in [6, 6.07) is 5.39. The molecule has 148 valence electrons. The summed E-state index contributed by atoms with van der Waals surface area (Å²) in [5, 5.41) is 6.08. The number of rotatable bonds is 7. The molecule has 0 atom stereocenters. The van der Waals surface area contributed by atoms with Crippen LogP contribution in [0.15, 0.2) is 23.1 Å². The van der Waals surface area contributed by atoms with Gasteiger partial charge in [0.25, 0.3) is 0 Å². The standard InChI is InChI=1S/C18H29N3O3S.ClH/c1-4-19-9-10-20-18(22)16-7-11-21(12-8-16)25(23,24)17-6-5-14(2)13-15(17)3;/h5-6,13,16,19H,4,7-12H2,1-3H3,(H,20,22);1H. The largest absolute Gasteiger partial charge is 0.355 e. The van der Waals surface area contributed by atoms with Gasteiger partial charge in [-0.1, -0.05) is 24.6 Å². The van der Waals surface area contributed by atoms with Crippen molar-refractivity contribution in [3.63, 3.8) is 0 Å². The van der Waals surface area contributed by atoms with Gasteiger partial charge in [0, 0.05) is 32.1 Å². The lowest BCUT2D eigenvalue weighted by Gasteiger charge is -2.31. The molecule has 0 unspecified atom stereocenters. The van der Waals surface area contributed by atoms with E-state index >= 15 is 0 Å². The van der Waals surface area contributed by atoms with Crippen LogP contribution in [0.5, 0.6) is 0 Å². The number of likely N-dealkylation sites (N-methyl/N-ethyl adjacent to an activating group) is 1. The molecular weight excluding hydrogens is 374 g/mol. The van der Waals surface area contributed by atoms with Gasteiger partial charge in [0.15, 0.2) is 0 Å². The minimum Gasteiger partial charge on any atom is -0.355 e. The number of aryl methyl sites for hydroxylation is 2. The minimum absolute atomic E-state index is 0. The fourth-order valence-corrected chi connectivity index (χ4v) is 4.86. The lowest BCUT2D eigenvalue weighted by atomic mass is 9.97. The van der Waals surface area contributed by atoms with Crippen molar-refractivity contribution < 1.29 is 13.2 Å². The van der Waals surface area contributed by atoms with Crippen LogP contribution in [-0.4, -0.2) is 51.4 Å². The maximum Gasteiger partial charge on any atom is 0.243 e. The van der Waals surface area contributed by atoms with E-state index < -0.39 is 10.0 Å². The second kappa shape index (κ2) is 10.3. The van der Waals surface area contributed by atoms with Crippen LogP contribution in [0.2, 0.25) is 0 Å². The van der Waals surface area contributed by atoms with Gasteiger partial charge < -0.3 is 10.6 Å². The Hall–Kier alpha value is -1.15. The van der Waals surface area contributed by atoms with Gasteiger partial charge >= 0.3 is 0 Å². The van der Waals surface area contributed by atoms with Crippen molar-refractivity contribution in [2.24, 2.45) is 5.92 Å². The molecule has 0 aliphatic carbocycles. The fourth-order valence-electron chi connectivity index (χ4n) is 3.18. The Morgan fingerprint density at radius 2 is 1.85 bits per heavy atom. The number of hydrogen-bond donors (Lipinski definition) is 2. The Bertz CT molecular complexity index is 702. The van der Waals surface area contributed by atoms with Crippen LogP contribution in [0.3, 0.4) is 0 Å². The van der Waals surface area contributed by atoms with Crippen LogP contribution in [0.1, 0.15) is 30.9 Å². The number of halogens is 1. The third-order valence-corrected chi connectivity index (χ3v) is 6.68. The van der Waals surface area contributed by atoms with Crippen LogP contribution >= 0.6 is 12.4 Å². The first kappa shape index (κ1) is 22.9. The average Bonchev–Trinajstić information content (AvgIpc) is 2.58. The smallest absolute Gasteiger partial charge is 0.243 e. The summed E-state index contributed by atoms with van der Waals surface area (Å²) >= 11 is 0. The maximum absolute atomic E-state index is 12.9. The van der Waals surface area contributed by atoms with Crippen molar-refractivity contribution in [1.29, 1.82) is 0 Å². The maximum atomic E-state index is 12.9. The second-order valence-electron chi connectivity index (χ2n) is 6.59. The molecule has 8 heteroatoms. The Labute approximate surface area is 163 Å². The molecule has 0 saturated carbocycles. The van der Waals surface area contributed by atoms with Crippen LogP contribution in [0.25, 0.3) is 0 Å². The van der Waals surface area contributed by atoms with Crippen molar-refractivity contribution >= 4 is 28.3 Å². The Kier molecular flexibility index (Phi) is 9.03. The number of benzene rings is 1. The molecule has 1 amide bonds. The summed E-state index contributed by atoms with van der Waals surface area (Å²) in [7, 11) is -3.49. The molecule has 0 bridgehead atoms. The molecule has 0 aromatic heterocycles. The number of piperidine rings is 1. The number of nitrogens with one attached hydrogen (secondary N) is 2. The van der Waals surface area contributed by atoms with Crippen LogP contribution in [0, 0.1) is 19.8 Å². The highest BCUT2D eigenvalue weighted by atomic mass is 35.5. The highest BCUT2D eigenvalue weighted by Crippen LogP contribution is 2.26. The Morgan fingerprint density at radius 1 is 1.19 bits per heavy atom. The van der Waals surface area contributed by atoms with Crippen LogP contribution in [0.4, 0.5) is 0 Å². The van der Waals surface area contributed by atoms with Crippen molar-refractivity contribution in [1.82, 2.24) is 14.9 Å². The lowest BCUT2D eigenvalue weighted by Crippen LogP contribution is -2.44. The highest BCUT2D eigenvalue weighted by molar-refractivity contribution is 7.89. The molecule has 0 spiro atoms. The molecule has 1 saturated heterocycles. The van der Waals surface area contributed by atoms with E-state index in [1.165, 1.54) is 4.31 Å². The Morgan fingerprint density at radius 3 is 2.42 bits per heavy atom. The zero-order chi connectivity index (χ0) is 18.4. The molecule has 2 N–H and O–H groups in total. The van der Waals surface area contributed by atoms with E-state index in [0.717, 1.165) is 24.2 Å². The molecular formula is C18H30ClN3O3S. The number of amides is 1. The second-order valence-corrected chi connectivity index (χ2v) is 8.50. The van der Waals surface area contributed by atoms with Gasteiger partial charge in [-0.25, -0.2) is 8.42 Å². The first-order chi connectivity index (χ1) is 11.9. The summed E-state index contributed by atoms with van der Waals surface area (Å²) < 4.78 is 27.2. The summed E-state index contributed by atoms with van der Waals surface area (Å²) in [6.07, 6.45) is 1.13. The molecule has 1 aromatic carbocycles. The quantitative estimate of drug-likeness (QED) is 0.681. The summed E-state index contributed by atoms with van der Waals surface area (Å²) in [6.45, 7) is 8.81.